The highest BCUT2D eigenvalue weighted by Crippen LogP contribution is 2.18. The van der Waals surface area contributed by atoms with E-state index in [0.29, 0.717) is 0 Å². The molecule has 0 aliphatic carbocycles. The van der Waals surface area contributed by atoms with Gasteiger partial charge in [-0.3, -0.25) is 4.68 Å². The van der Waals surface area contributed by atoms with Crippen LogP contribution in [0.4, 0.5) is 0 Å². The summed E-state index contributed by atoms with van der Waals surface area (Å²) in [5.74, 6) is 0. The second-order valence-electron chi connectivity index (χ2n) is 3.20. The molecular formula is C10H12BrN3. The quantitative estimate of drug-likeness (QED) is 0.908. The molecule has 0 aliphatic heterocycles. The molecule has 0 atom stereocenters. The van der Waals surface area contributed by atoms with Crippen LogP contribution in [0.2, 0.25) is 0 Å². The highest BCUT2D eigenvalue weighted by Gasteiger charge is 1.99. The maximum atomic E-state index is 4.45. The zero-order valence-corrected chi connectivity index (χ0v) is 9.58. The molecule has 0 bridgehead atoms. The third kappa shape index (κ3) is 1.96. The fraction of sp³-hybridized carbons (Fsp3) is 0.300. The van der Waals surface area contributed by atoms with E-state index in [0.717, 1.165) is 23.1 Å². The van der Waals surface area contributed by atoms with Gasteiger partial charge < -0.3 is 5.32 Å². The molecule has 0 saturated carbocycles. The van der Waals surface area contributed by atoms with E-state index in [1.54, 1.807) is 0 Å². The molecule has 4 heteroatoms. The fourth-order valence-corrected chi connectivity index (χ4v) is 1.77. The van der Waals surface area contributed by atoms with Crippen molar-refractivity contribution in [2.24, 2.45) is 0 Å². The third-order valence-corrected chi connectivity index (χ3v) is 2.60. The van der Waals surface area contributed by atoms with Gasteiger partial charge in [-0.1, -0.05) is 15.9 Å². The summed E-state index contributed by atoms with van der Waals surface area (Å²) in [7, 11) is 1.94. The Hall–Kier alpha value is -0.870. The Bertz CT molecular complexity index is 436. The largest absolute Gasteiger partial charge is 0.318 e. The zero-order valence-electron chi connectivity index (χ0n) is 8.00. The van der Waals surface area contributed by atoms with Crippen molar-refractivity contribution in [3.8, 4) is 0 Å². The SMILES string of the molecule is CNCCn1cc2cc(Br)ccc2n1. The Kier molecular flexibility index (Phi) is 2.84. The van der Waals surface area contributed by atoms with Crippen molar-refractivity contribution in [2.75, 3.05) is 13.6 Å². The van der Waals surface area contributed by atoms with Crippen LogP contribution in [-0.2, 0) is 6.54 Å². The summed E-state index contributed by atoms with van der Waals surface area (Å²) in [6.45, 7) is 1.85. The lowest BCUT2D eigenvalue weighted by molar-refractivity contribution is 0.590. The van der Waals surface area contributed by atoms with Gasteiger partial charge in [0.1, 0.15) is 0 Å². The molecule has 0 unspecified atom stereocenters. The molecule has 0 saturated heterocycles. The molecule has 0 spiro atoms. The van der Waals surface area contributed by atoms with Crippen LogP contribution in [0, 0.1) is 0 Å². The first-order valence-electron chi connectivity index (χ1n) is 4.57. The average Bonchev–Trinajstić information content (AvgIpc) is 2.56. The number of halogens is 1. The van der Waals surface area contributed by atoms with Crippen molar-refractivity contribution in [2.45, 2.75) is 6.54 Å². The molecule has 0 aliphatic rings. The molecular weight excluding hydrogens is 242 g/mol. The first kappa shape index (κ1) is 9.68. The molecule has 14 heavy (non-hydrogen) atoms. The molecule has 1 N–H and O–H groups in total. The molecule has 74 valence electrons. The van der Waals surface area contributed by atoms with Gasteiger partial charge >= 0.3 is 0 Å². The molecule has 0 radical (unpaired) electrons. The summed E-state index contributed by atoms with van der Waals surface area (Å²) in [6, 6.07) is 6.12. The number of aromatic nitrogens is 2. The molecule has 2 rings (SSSR count). The van der Waals surface area contributed by atoms with Crippen molar-refractivity contribution < 1.29 is 0 Å². The minimum absolute atomic E-state index is 0.906. The standard InChI is InChI=1S/C10H12BrN3/c1-12-4-5-14-7-8-6-9(11)2-3-10(8)13-14/h2-3,6-7,12H,4-5H2,1H3. The molecule has 0 amide bonds. The van der Waals surface area contributed by atoms with Gasteiger partial charge in [0.15, 0.2) is 0 Å². The van der Waals surface area contributed by atoms with Gasteiger partial charge in [0.05, 0.1) is 12.1 Å². The van der Waals surface area contributed by atoms with Crippen molar-refractivity contribution >= 4 is 26.8 Å². The van der Waals surface area contributed by atoms with Gasteiger partial charge in [0.25, 0.3) is 0 Å². The van der Waals surface area contributed by atoms with Gasteiger partial charge in [-0.2, -0.15) is 5.10 Å². The van der Waals surface area contributed by atoms with E-state index >= 15 is 0 Å². The number of hydrogen-bond acceptors (Lipinski definition) is 2. The minimum atomic E-state index is 0.906. The molecule has 1 aromatic carbocycles. The van der Waals surface area contributed by atoms with E-state index in [9.17, 15) is 0 Å². The number of benzene rings is 1. The van der Waals surface area contributed by atoms with E-state index in [4.69, 9.17) is 0 Å². The van der Waals surface area contributed by atoms with Gasteiger partial charge in [0.2, 0.25) is 0 Å². The Morgan fingerprint density at radius 3 is 3.14 bits per heavy atom. The van der Waals surface area contributed by atoms with Gasteiger partial charge in [-0.25, -0.2) is 0 Å². The lowest BCUT2D eigenvalue weighted by Crippen LogP contribution is -2.14. The maximum absolute atomic E-state index is 4.45. The molecule has 1 aromatic heterocycles. The predicted octanol–water partition coefficient (Wildman–Crippen LogP) is 2.02. The van der Waals surface area contributed by atoms with Crippen LogP contribution in [0.1, 0.15) is 0 Å². The van der Waals surface area contributed by atoms with E-state index in [1.165, 1.54) is 5.39 Å². The lowest BCUT2D eigenvalue weighted by Gasteiger charge is -1.97. The van der Waals surface area contributed by atoms with Crippen LogP contribution in [0.25, 0.3) is 10.9 Å². The maximum Gasteiger partial charge on any atom is 0.0924 e. The number of fused-ring (bicyclic) bond motifs is 1. The second kappa shape index (κ2) is 4.11. The molecule has 1 heterocycles. The van der Waals surface area contributed by atoms with Crippen LogP contribution >= 0.6 is 15.9 Å². The van der Waals surface area contributed by atoms with Gasteiger partial charge in [0, 0.05) is 22.6 Å². The van der Waals surface area contributed by atoms with Crippen LogP contribution in [0.15, 0.2) is 28.9 Å². The Morgan fingerprint density at radius 2 is 2.36 bits per heavy atom. The van der Waals surface area contributed by atoms with Crippen molar-refractivity contribution in [3.63, 3.8) is 0 Å². The zero-order chi connectivity index (χ0) is 9.97. The predicted molar refractivity (Wildman–Crippen MR) is 61.4 cm³/mol. The highest BCUT2D eigenvalue weighted by molar-refractivity contribution is 9.10. The molecule has 2 aromatic rings. The van der Waals surface area contributed by atoms with Crippen molar-refractivity contribution in [1.29, 1.82) is 0 Å². The van der Waals surface area contributed by atoms with Crippen LogP contribution < -0.4 is 5.32 Å². The summed E-state index contributed by atoms with van der Waals surface area (Å²) < 4.78 is 3.06. The lowest BCUT2D eigenvalue weighted by atomic mass is 10.3. The number of hydrogen-bond donors (Lipinski definition) is 1. The van der Waals surface area contributed by atoms with Crippen LogP contribution in [-0.4, -0.2) is 23.4 Å². The van der Waals surface area contributed by atoms with Crippen LogP contribution in [0.5, 0.6) is 0 Å². The Labute approximate surface area is 91.2 Å². The second-order valence-corrected chi connectivity index (χ2v) is 4.11. The summed E-state index contributed by atoms with van der Waals surface area (Å²) >= 11 is 3.44. The number of rotatable bonds is 3. The summed E-state index contributed by atoms with van der Waals surface area (Å²) in [5.41, 5.74) is 1.05. The summed E-state index contributed by atoms with van der Waals surface area (Å²) in [6.07, 6.45) is 2.07. The first-order valence-corrected chi connectivity index (χ1v) is 5.36. The monoisotopic (exact) mass is 253 g/mol. The van der Waals surface area contributed by atoms with Gasteiger partial charge in [-0.05, 0) is 25.2 Å². The summed E-state index contributed by atoms with van der Waals surface area (Å²) in [5, 5.41) is 8.73. The van der Waals surface area contributed by atoms with E-state index in [-0.39, 0.29) is 0 Å². The van der Waals surface area contributed by atoms with E-state index in [1.807, 2.05) is 23.9 Å². The van der Waals surface area contributed by atoms with Crippen LogP contribution in [0.3, 0.4) is 0 Å². The first-order chi connectivity index (χ1) is 6.79. The molecule has 3 nitrogen and oxygen atoms in total. The Morgan fingerprint density at radius 1 is 1.50 bits per heavy atom. The van der Waals surface area contributed by atoms with Crippen molar-refractivity contribution in [3.05, 3.63) is 28.9 Å². The smallest absolute Gasteiger partial charge is 0.0924 e. The number of nitrogens with one attached hydrogen (secondary N) is 1. The normalized spacial score (nSPS) is 11.0. The topological polar surface area (TPSA) is 29.9 Å². The summed E-state index contributed by atoms with van der Waals surface area (Å²) in [4.78, 5) is 0. The van der Waals surface area contributed by atoms with Crippen molar-refractivity contribution in [1.82, 2.24) is 15.1 Å². The van der Waals surface area contributed by atoms with E-state index < -0.39 is 0 Å². The number of likely N-dealkylation sites (N-methyl/N-ethyl adjacent to an activating group) is 1. The molecule has 0 fully saturated rings. The third-order valence-electron chi connectivity index (χ3n) is 2.10. The highest BCUT2D eigenvalue weighted by atomic mass is 79.9. The van der Waals surface area contributed by atoms with Gasteiger partial charge in [-0.15, -0.1) is 0 Å². The van der Waals surface area contributed by atoms with E-state index in [2.05, 4.69) is 38.6 Å². The average molecular weight is 254 g/mol. The Balaban J connectivity index is 2.32. The number of nitrogens with zero attached hydrogens (tertiary/aromatic N) is 2. The minimum Gasteiger partial charge on any atom is -0.318 e. The fourth-order valence-electron chi connectivity index (χ4n) is 1.39.